The summed E-state index contributed by atoms with van der Waals surface area (Å²) >= 11 is 0. The predicted molar refractivity (Wildman–Crippen MR) is 65.6 cm³/mol. The van der Waals surface area contributed by atoms with E-state index in [9.17, 15) is 9.90 Å². The standard InChI is InChI=1S/C13H17NO3/c1-17-11-6-4-5-10(9-11)14-8-3-2-7-12(14)13(15)16/h4-6,9,12H,2-3,7-8H2,1H3,(H,15,16)/t12-/m0/s1. The van der Waals surface area contributed by atoms with Crippen LogP contribution in [0.15, 0.2) is 24.3 Å². The maximum absolute atomic E-state index is 11.2. The molecule has 1 saturated heterocycles. The van der Waals surface area contributed by atoms with Gasteiger partial charge in [0.1, 0.15) is 11.8 Å². The second kappa shape index (κ2) is 5.08. The van der Waals surface area contributed by atoms with Gasteiger partial charge < -0.3 is 14.7 Å². The van der Waals surface area contributed by atoms with E-state index in [1.54, 1.807) is 7.11 Å². The van der Waals surface area contributed by atoms with Crippen molar-refractivity contribution < 1.29 is 14.6 Å². The van der Waals surface area contributed by atoms with Crippen LogP contribution in [0.3, 0.4) is 0 Å². The fourth-order valence-corrected chi connectivity index (χ4v) is 2.29. The molecule has 1 aliphatic heterocycles. The summed E-state index contributed by atoms with van der Waals surface area (Å²) in [6, 6.07) is 7.17. The first kappa shape index (κ1) is 11.8. The Morgan fingerprint density at radius 1 is 1.47 bits per heavy atom. The Labute approximate surface area is 101 Å². The summed E-state index contributed by atoms with van der Waals surface area (Å²) in [5.74, 6) is 0.0183. The highest BCUT2D eigenvalue weighted by atomic mass is 16.5. The lowest BCUT2D eigenvalue weighted by molar-refractivity contribution is -0.139. The maximum atomic E-state index is 11.2. The van der Waals surface area contributed by atoms with Gasteiger partial charge >= 0.3 is 5.97 Å². The predicted octanol–water partition coefficient (Wildman–Crippen LogP) is 2.14. The first-order valence-corrected chi connectivity index (χ1v) is 5.86. The smallest absolute Gasteiger partial charge is 0.326 e. The van der Waals surface area contributed by atoms with Crippen LogP contribution in [0.1, 0.15) is 19.3 Å². The lowest BCUT2D eigenvalue weighted by atomic mass is 10.0. The molecule has 0 spiro atoms. The number of benzene rings is 1. The minimum Gasteiger partial charge on any atom is -0.497 e. The molecule has 1 atom stereocenters. The second-order valence-electron chi connectivity index (χ2n) is 4.24. The van der Waals surface area contributed by atoms with Crippen LogP contribution >= 0.6 is 0 Å². The molecule has 1 heterocycles. The van der Waals surface area contributed by atoms with Crippen LogP contribution < -0.4 is 9.64 Å². The zero-order chi connectivity index (χ0) is 12.3. The van der Waals surface area contributed by atoms with Crippen molar-refractivity contribution in [3.8, 4) is 5.75 Å². The van der Waals surface area contributed by atoms with Crippen molar-refractivity contribution in [3.05, 3.63) is 24.3 Å². The average molecular weight is 235 g/mol. The van der Waals surface area contributed by atoms with Gasteiger partial charge in [0.2, 0.25) is 0 Å². The number of carboxylic acids is 1. The largest absolute Gasteiger partial charge is 0.497 e. The van der Waals surface area contributed by atoms with E-state index in [0.29, 0.717) is 6.42 Å². The number of rotatable bonds is 3. The molecule has 0 bridgehead atoms. The van der Waals surface area contributed by atoms with Crippen molar-refractivity contribution in [2.75, 3.05) is 18.6 Å². The Hall–Kier alpha value is -1.71. The van der Waals surface area contributed by atoms with Crippen LogP contribution in [0.5, 0.6) is 5.75 Å². The van der Waals surface area contributed by atoms with Crippen LogP contribution in [0.2, 0.25) is 0 Å². The normalized spacial score (nSPS) is 20.1. The van der Waals surface area contributed by atoms with E-state index in [2.05, 4.69) is 0 Å². The van der Waals surface area contributed by atoms with Gasteiger partial charge in [0.05, 0.1) is 7.11 Å². The molecule has 0 aliphatic carbocycles. The fraction of sp³-hybridized carbons (Fsp3) is 0.462. The summed E-state index contributed by atoms with van der Waals surface area (Å²) in [6.45, 7) is 0.796. The number of piperidine rings is 1. The molecule has 4 heteroatoms. The zero-order valence-electron chi connectivity index (χ0n) is 9.93. The molecule has 0 amide bonds. The highest BCUT2D eigenvalue weighted by Crippen LogP contribution is 2.27. The molecule has 1 aromatic rings. The lowest BCUT2D eigenvalue weighted by Crippen LogP contribution is -2.44. The van der Waals surface area contributed by atoms with E-state index in [-0.39, 0.29) is 0 Å². The van der Waals surface area contributed by atoms with Crippen LogP contribution in [0.4, 0.5) is 5.69 Å². The molecule has 0 radical (unpaired) electrons. The second-order valence-corrected chi connectivity index (χ2v) is 4.24. The van der Waals surface area contributed by atoms with Crippen molar-refractivity contribution in [2.45, 2.75) is 25.3 Å². The number of hydrogen-bond acceptors (Lipinski definition) is 3. The number of anilines is 1. The molecule has 92 valence electrons. The molecule has 0 saturated carbocycles. The third-order valence-corrected chi connectivity index (χ3v) is 3.17. The van der Waals surface area contributed by atoms with Crippen molar-refractivity contribution >= 4 is 11.7 Å². The molecule has 1 fully saturated rings. The summed E-state index contributed by atoms with van der Waals surface area (Å²) in [4.78, 5) is 13.2. The number of ether oxygens (including phenoxy) is 1. The van der Waals surface area contributed by atoms with Gasteiger partial charge in [-0.15, -0.1) is 0 Å². The van der Waals surface area contributed by atoms with Crippen LogP contribution in [-0.4, -0.2) is 30.8 Å². The SMILES string of the molecule is COc1cccc(N2CCCC[C@H]2C(=O)O)c1. The Kier molecular flexibility index (Phi) is 3.52. The van der Waals surface area contributed by atoms with Crippen LogP contribution in [0, 0.1) is 0 Å². The van der Waals surface area contributed by atoms with E-state index < -0.39 is 12.0 Å². The summed E-state index contributed by atoms with van der Waals surface area (Å²) in [7, 11) is 1.62. The molecular weight excluding hydrogens is 218 g/mol. The Bertz CT molecular complexity index is 405. The number of carbonyl (C=O) groups is 1. The maximum Gasteiger partial charge on any atom is 0.326 e. The first-order valence-electron chi connectivity index (χ1n) is 5.86. The topological polar surface area (TPSA) is 49.8 Å². The van der Waals surface area contributed by atoms with Crippen molar-refractivity contribution in [2.24, 2.45) is 0 Å². The lowest BCUT2D eigenvalue weighted by Gasteiger charge is -2.34. The minimum atomic E-state index is -0.743. The first-order chi connectivity index (χ1) is 8.22. The minimum absolute atomic E-state index is 0.407. The molecular formula is C13H17NO3. The van der Waals surface area contributed by atoms with E-state index in [1.165, 1.54) is 0 Å². The van der Waals surface area contributed by atoms with Crippen molar-refractivity contribution in [3.63, 3.8) is 0 Å². The van der Waals surface area contributed by atoms with Gasteiger partial charge in [-0.25, -0.2) is 4.79 Å². The van der Waals surface area contributed by atoms with E-state index in [0.717, 1.165) is 30.8 Å². The zero-order valence-corrected chi connectivity index (χ0v) is 9.93. The van der Waals surface area contributed by atoms with Gasteiger partial charge in [-0.05, 0) is 31.4 Å². The summed E-state index contributed by atoms with van der Waals surface area (Å²) in [6.07, 6.45) is 2.74. The molecule has 1 N–H and O–H groups in total. The molecule has 1 aliphatic rings. The van der Waals surface area contributed by atoms with Crippen LogP contribution in [0.25, 0.3) is 0 Å². The van der Waals surface area contributed by atoms with Gasteiger partial charge in [-0.3, -0.25) is 0 Å². The van der Waals surface area contributed by atoms with Gasteiger partial charge in [0, 0.05) is 18.3 Å². The molecule has 0 aromatic heterocycles. The number of methoxy groups -OCH3 is 1. The van der Waals surface area contributed by atoms with Gasteiger partial charge in [0.25, 0.3) is 0 Å². The summed E-state index contributed by atoms with van der Waals surface area (Å²) < 4.78 is 5.17. The van der Waals surface area contributed by atoms with E-state index in [1.807, 2.05) is 29.2 Å². The molecule has 17 heavy (non-hydrogen) atoms. The van der Waals surface area contributed by atoms with Gasteiger partial charge in [-0.1, -0.05) is 6.07 Å². The quantitative estimate of drug-likeness (QED) is 0.872. The van der Waals surface area contributed by atoms with Gasteiger partial charge in [0.15, 0.2) is 0 Å². The van der Waals surface area contributed by atoms with E-state index >= 15 is 0 Å². The molecule has 2 rings (SSSR count). The van der Waals surface area contributed by atoms with Crippen molar-refractivity contribution in [1.29, 1.82) is 0 Å². The fourth-order valence-electron chi connectivity index (χ4n) is 2.29. The number of hydrogen-bond donors (Lipinski definition) is 1. The number of carboxylic acid groups (broad SMARTS) is 1. The van der Waals surface area contributed by atoms with Gasteiger partial charge in [-0.2, -0.15) is 0 Å². The average Bonchev–Trinajstić information content (AvgIpc) is 2.39. The Balaban J connectivity index is 2.26. The summed E-state index contributed by atoms with van der Waals surface area (Å²) in [5.41, 5.74) is 0.927. The van der Waals surface area contributed by atoms with Crippen molar-refractivity contribution in [1.82, 2.24) is 0 Å². The Morgan fingerprint density at radius 2 is 2.29 bits per heavy atom. The molecule has 4 nitrogen and oxygen atoms in total. The van der Waals surface area contributed by atoms with Crippen LogP contribution in [-0.2, 0) is 4.79 Å². The number of nitrogens with zero attached hydrogens (tertiary/aromatic N) is 1. The monoisotopic (exact) mass is 235 g/mol. The summed E-state index contributed by atoms with van der Waals surface area (Å²) in [5, 5.41) is 9.22. The molecule has 1 aromatic carbocycles. The highest BCUT2D eigenvalue weighted by molar-refractivity contribution is 5.78. The third kappa shape index (κ3) is 2.52. The molecule has 0 unspecified atom stereocenters. The number of aliphatic carboxylic acids is 1. The third-order valence-electron chi connectivity index (χ3n) is 3.17. The van der Waals surface area contributed by atoms with E-state index in [4.69, 9.17) is 4.74 Å². The Morgan fingerprint density at radius 3 is 3.00 bits per heavy atom. The highest BCUT2D eigenvalue weighted by Gasteiger charge is 2.28.